The van der Waals surface area contributed by atoms with Crippen molar-refractivity contribution in [3.63, 3.8) is 0 Å². The standard InChI is InChI=1S/C21H30N4O3/c1-14(2)10-17-12-24(13-20-23-22-15(3)25(17)20)21(26)9-7-16-6-8-18(27-4)19(11-16)28-5/h6,8,11,14,17H,7,9-10,12-13H2,1-5H3/t17-/m0/s1. The molecule has 28 heavy (non-hydrogen) atoms. The zero-order valence-electron chi connectivity index (χ0n) is 17.4. The molecule has 7 nitrogen and oxygen atoms in total. The van der Waals surface area contributed by atoms with Gasteiger partial charge in [0, 0.05) is 13.0 Å². The summed E-state index contributed by atoms with van der Waals surface area (Å²) in [4.78, 5) is 14.8. The molecule has 1 aliphatic rings. The highest BCUT2D eigenvalue weighted by atomic mass is 16.5. The van der Waals surface area contributed by atoms with Crippen molar-refractivity contribution >= 4 is 5.91 Å². The van der Waals surface area contributed by atoms with E-state index in [1.807, 2.05) is 30.0 Å². The van der Waals surface area contributed by atoms with Gasteiger partial charge in [-0.05, 0) is 43.4 Å². The maximum absolute atomic E-state index is 12.9. The number of aryl methyl sites for hydroxylation is 2. The summed E-state index contributed by atoms with van der Waals surface area (Å²) in [6, 6.07) is 6.03. The summed E-state index contributed by atoms with van der Waals surface area (Å²) in [7, 11) is 3.24. The van der Waals surface area contributed by atoms with Crippen molar-refractivity contribution in [1.82, 2.24) is 19.7 Å². The fourth-order valence-electron chi connectivity index (χ4n) is 3.93. The molecule has 2 aromatic rings. The van der Waals surface area contributed by atoms with Gasteiger partial charge in [-0.1, -0.05) is 19.9 Å². The molecule has 0 fully saturated rings. The Balaban J connectivity index is 1.68. The number of carbonyl (C=O) groups is 1. The largest absolute Gasteiger partial charge is 0.493 e. The van der Waals surface area contributed by atoms with E-state index in [2.05, 4.69) is 28.6 Å². The number of ether oxygens (including phenoxy) is 2. The number of nitrogens with zero attached hydrogens (tertiary/aromatic N) is 4. The number of rotatable bonds is 7. The van der Waals surface area contributed by atoms with Crippen molar-refractivity contribution in [2.24, 2.45) is 5.92 Å². The molecule has 0 spiro atoms. The summed E-state index contributed by atoms with van der Waals surface area (Å²) in [5.74, 6) is 3.88. The molecule has 1 atom stereocenters. The van der Waals surface area contributed by atoms with Gasteiger partial charge in [-0.25, -0.2) is 0 Å². The summed E-state index contributed by atoms with van der Waals surface area (Å²) in [6.45, 7) is 7.64. The Morgan fingerprint density at radius 2 is 1.96 bits per heavy atom. The molecular formula is C21H30N4O3. The maximum atomic E-state index is 12.9. The van der Waals surface area contributed by atoms with Crippen LogP contribution in [0.25, 0.3) is 0 Å². The number of aromatic nitrogens is 3. The Morgan fingerprint density at radius 1 is 1.21 bits per heavy atom. The molecule has 0 unspecified atom stereocenters. The highest BCUT2D eigenvalue weighted by Gasteiger charge is 2.30. The summed E-state index contributed by atoms with van der Waals surface area (Å²) in [5, 5.41) is 8.52. The first kappa shape index (κ1) is 20.2. The number of benzene rings is 1. The number of hydrogen-bond acceptors (Lipinski definition) is 5. The van der Waals surface area contributed by atoms with E-state index in [1.54, 1.807) is 14.2 Å². The molecule has 3 rings (SSSR count). The molecule has 7 heteroatoms. The van der Waals surface area contributed by atoms with Crippen LogP contribution in [0.2, 0.25) is 0 Å². The first-order valence-electron chi connectivity index (χ1n) is 9.82. The molecule has 0 aliphatic carbocycles. The van der Waals surface area contributed by atoms with Crippen LogP contribution in [0.1, 0.15) is 49.9 Å². The Labute approximate surface area is 166 Å². The van der Waals surface area contributed by atoms with Gasteiger partial charge >= 0.3 is 0 Å². The predicted octanol–water partition coefficient (Wildman–Crippen LogP) is 3.17. The van der Waals surface area contributed by atoms with E-state index < -0.39 is 0 Å². The van der Waals surface area contributed by atoms with Gasteiger partial charge in [0.1, 0.15) is 5.82 Å². The van der Waals surface area contributed by atoms with Crippen molar-refractivity contribution < 1.29 is 14.3 Å². The SMILES string of the molecule is COc1ccc(CCC(=O)N2Cc3nnc(C)n3[C@@H](CC(C)C)C2)cc1OC. The lowest BCUT2D eigenvalue weighted by Gasteiger charge is -2.35. The number of methoxy groups -OCH3 is 2. The minimum Gasteiger partial charge on any atom is -0.493 e. The van der Waals surface area contributed by atoms with Crippen LogP contribution < -0.4 is 9.47 Å². The lowest BCUT2D eigenvalue weighted by molar-refractivity contribution is -0.133. The average molecular weight is 386 g/mol. The van der Waals surface area contributed by atoms with Crippen LogP contribution in [0.15, 0.2) is 18.2 Å². The number of carbonyl (C=O) groups excluding carboxylic acids is 1. The number of hydrogen-bond donors (Lipinski definition) is 0. The van der Waals surface area contributed by atoms with Crippen molar-refractivity contribution in [3.8, 4) is 11.5 Å². The van der Waals surface area contributed by atoms with Gasteiger partial charge in [-0.3, -0.25) is 4.79 Å². The predicted molar refractivity (Wildman–Crippen MR) is 107 cm³/mol. The summed E-state index contributed by atoms with van der Waals surface area (Å²) < 4.78 is 12.8. The second-order valence-corrected chi connectivity index (χ2v) is 7.78. The molecule has 0 N–H and O–H groups in total. The van der Waals surface area contributed by atoms with E-state index in [9.17, 15) is 4.79 Å². The lowest BCUT2D eigenvalue weighted by atomic mass is 10.0. The Morgan fingerprint density at radius 3 is 2.64 bits per heavy atom. The quantitative estimate of drug-likeness (QED) is 0.731. The minimum atomic E-state index is 0.149. The molecular weight excluding hydrogens is 356 g/mol. The molecule has 0 bridgehead atoms. The maximum Gasteiger partial charge on any atom is 0.223 e. The van der Waals surface area contributed by atoms with Crippen molar-refractivity contribution in [2.75, 3.05) is 20.8 Å². The van der Waals surface area contributed by atoms with Gasteiger partial charge < -0.3 is 18.9 Å². The zero-order valence-corrected chi connectivity index (χ0v) is 17.4. The fraction of sp³-hybridized carbons (Fsp3) is 0.571. The molecule has 1 amide bonds. The van der Waals surface area contributed by atoms with E-state index in [0.717, 1.165) is 30.2 Å². The minimum absolute atomic E-state index is 0.149. The molecule has 2 heterocycles. The molecule has 1 aromatic heterocycles. The Hall–Kier alpha value is -2.57. The van der Waals surface area contributed by atoms with Crippen molar-refractivity contribution in [1.29, 1.82) is 0 Å². The van der Waals surface area contributed by atoms with Crippen LogP contribution in [0, 0.1) is 12.8 Å². The average Bonchev–Trinajstić information content (AvgIpc) is 3.06. The van der Waals surface area contributed by atoms with Crippen molar-refractivity contribution in [3.05, 3.63) is 35.4 Å². The lowest BCUT2D eigenvalue weighted by Crippen LogP contribution is -2.42. The van der Waals surface area contributed by atoms with E-state index in [1.165, 1.54) is 0 Å². The van der Waals surface area contributed by atoms with Crippen molar-refractivity contribution in [2.45, 2.75) is 52.6 Å². The van der Waals surface area contributed by atoms with Gasteiger partial charge in [-0.2, -0.15) is 0 Å². The van der Waals surface area contributed by atoms with Crippen LogP contribution >= 0.6 is 0 Å². The first-order chi connectivity index (χ1) is 13.4. The number of fused-ring (bicyclic) bond motifs is 1. The molecule has 0 radical (unpaired) electrons. The smallest absolute Gasteiger partial charge is 0.223 e. The van der Waals surface area contributed by atoms with E-state index in [0.29, 0.717) is 36.8 Å². The highest BCUT2D eigenvalue weighted by Crippen LogP contribution is 2.29. The topological polar surface area (TPSA) is 69.5 Å². The summed E-state index contributed by atoms with van der Waals surface area (Å²) in [6.07, 6.45) is 2.12. The van der Waals surface area contributed by atoms with E-state index in [4.69, 9.17) is 9.47 Å². The third-order valence-electron chi connectivity index (χ3n) is 5.24. The highest BCUT2D eigenvalue weighted by molar-refractivity contribution is 5.76. The fourth-order valence-corrected chi connectivity index (χ4v) is 3.93. The molecule has 0 saturated heterocycles. The Bertz CT molecular complexity index is 831. The number of amides is 1. The third kappa shape index (κ3) is 4.29. The summed E-state index contributed by atoms with van der Waals surface area (Å²) in [5.41, 5.74) is 1.06. The molecule has 1 aromatic carbocycles. The van der Waals surface area contributed by atoms with Gasteiger partial charge in [0.15, 0.2) is 17.3 Å². The van der Waals surface area contributed by atoms with Gasteiger partial charge in [0.25, 0.3) is 0 Å². The van der Waals surface area contributed by atoms with Gasteiger partial charge in [0.05, 0.1) is 26.8 Å². The van der Waals surface area contributed by atoms with Crippen LogP contribution in [0.5, 0.6) is 11.5 Å². The van der Waals surface area contributed by atoms with E-state index in [-0.39, 0.29) is 11.9 Å². The second-order valence-electron chi connectivity index (χ2n) is 7.78. The molecule has 0 saturated carbocycles. The molecule has 152 valence electrons. The Kier molecular flexibility index (Phi) is 6.21. The monoisotopic (exact) mass is 386 g/mol. The second kappa shape index (κ2) is 8.63. The van der Waals surface area contributed by atoms with Crippen LogP contribution in [0.4, 0.5) is 0 Å². The van der Waals surface area contributed by atoms with E-state index >= 15 is 0 Å². The van der Waals surface area contributed by atoms with Crippen LogP contribution in [0.3, 0.4) is 0 Å². The van der Waals surface area contributed by atoms with Crippen LogP contribution in [-0.2, 0) is 17.8 Å². The van der Waals surface area contributed by atoms with Gasteiger partial charge in [-0.15, -0.1) is 10.2 Å². The normalized spacial score (nSPS) is 16.2. The zero-order chi connectivity index (χ0) is 20.3. The third-order valence-corrected chi connectivity index (χ3v) is 5.24. The first-order valence-corrected chi connectivity index (χ1v) is 9.82. The van der Waals surface area contributed by atoms with Gasteiger partial charge in [0.2, 0.25) is 5.91 Å². The molecule has 1 aliphatic heterocycles. The summed E-state index contributed by atoms with van der Waals surface area (Å²) >= 11 is 0. The van der Waals surface area contributed by atoms with Crippen LogP contribution in [-0.4, -0.2) is 46.3 Å².